The molecule has 0 unspecified atom stereocenters. The summed E-state index contributed by atoms with van der Waals surface area (Å²) in [7, 11) is 0. The van der Waals surface area contributed by atoms with Gasteiger partial charge in [-0.2, -0.15) is 13.2 Å². The monoisotopic (exact) mass is 606 g/mol. The number of hydrogen-bond acceptors (Lipinski definition) is 6. The molecule has 1 amide bonds. The first-order valence-corrected chi connectivity index (χ1v) is 12.2. The second-order valence-corrected chi connectivity index (χ2v) is 10.2. The molecule has 1 aromatic heterocycles. The van der Waals surface area contributed by atoms with Crippen molar-refractivity contribution in [1.82, 2.24) is 15.3 Å². The van der Waals surface area contributed by atoms with E-state index in [0.29, 0.717) is 5.39 Å². The third-order valence-corrected chi connectivity index (χ3v) is 5.67. The van der Waals surface area contributed by atoms with E-state index < -0.39 is 41.0 Å². The molecule has 1 heterocycles. The number of para-hydroxylation sites is 1. The Morgan fingerprint density at radius 2 is 1.89 bits per heavy atom. The summed E-state index contributed by atoms with van der Waals surface area (Å²) in [6, 6.07) is 5.50. The minimum absolute atomic E-state index is 0.0892. The van der Waals surface area contributed by atoms with Crippen LogP contribution >= 0.6 is 27.5 Å². The summed E-state index contributed by atoms with van der Waals surface area (Å²) in [6.07, 6.45) is -5.41. The lowest BCUT2D eigenvalue weighted by Crippen LogP contribution is -2.34. The minimum Gasteiger partial charge on any atom is -0.491 e. The second-order valence-electron chi connectivity index (χ2n) is 8.99. The van der Waals surface area contributed by atoms with Crippen LogP contribution in [0.15, 0.2) is 34.8 Å². The number of alkyl halides is 3. The van der Waals surface area contributed by atoms with Crippen molar-refractivity contribution >= 4 is 50.3 Å². The van der Waals surface area contributed by atoms with Crippen molar-refractivity contribution in [3.63, 3.8) is 0 Å². The van der Waals surface area contributed by atoms with Gasteiger partial charge in [0.05, 0.1) is 28.1 Å². The fraction of sp³-hybridized carbons (Fsp3) is 0.375. The highest BCUT2D eigenvalue weighted by Crippen LogP contribution is 2.41. The lowest BCUT2D eigenvalue weighted by molar-refractivity contribution is -0.139. The standard InChI is InChI=1S/C24H24BrClF4N4O3/c1-12(32-20-14-10-16(25)17(27)11-18(14)33-21(26)34-20)13-6-5-7-15(24(28,29)30)19(13)36-9-8-31-22(35)37-23(2,3)4/h5-7,10-12H,8-9H2,1-4H3,(H,31,35)(H,32,33,34)/t12-/m1/s1. The van der Waals surface area contributed by atoms with Crippen molar-refractivity contribution in [1.29, 1.82) is 0 Å². The molecular weight excluding hydrogens is 584 g/mol. The molecule has 0 spiro atoms. The van der Waals surface area contributed by atoms with Gasteiger partial charge in [0.1, 0.15) is 29.6 Å². The van der Waals surface area contributed by atoms with Crippen molar-refractivity contribution < 1.29 is 31.8 Å². The van der Waals surface area contributed by atoms with E-state index >= 15 is 0 Å². The molecule has 13 heteroatoms. The highest BCUT2D eigenvalue weighted by molar-refractivity contribution is 9.10. The molecule has 0 radical (unpaired) electrons. The van der Waals surface area contributed by atoms with E-state index in [0.717, 1.165) is 6.07 Å². The van der Waals surface area contributed by atoms with Gasteiger partial charge in [-0.05, 0) is 67.4 Å². The van der Waals surface area contributed by atoms with E-state index in [-0.39, 0.29) is 39.8 Å². The highest BCUT2D eigenvalue weighted by atomic mass is 79.9. The zero-order valence-corrected chi connectivity index (χ0v) is 22.6. The van der Waals surface area contributed by atoms with Crippen LogP contribution in [0.3, 0.4) is 0 Å². The summed E-state index contributed by atoms with van der Waals surface area (Å²) in [5.74, 6) is -0.773. The van der Waals surface area contributed by atoms with Crippen LogP contribution in [-0.2, 0) is 10.9 Å². The van der Waals surface area contributed by atoms with Crippen LogP contribution in [0.5, 0.6) is 5.75 Å². The van der Waals surface area contributed by atoms with E-state index in [1.165, 1.54) is 24.3 Å². The number of nitrogens with zero attached hydrogens (tertiary/aromatic N) is 2. The molecule has 2 aromatic carbocycles. The van der Waals surface area contributed by atoms with Crippen LogP contribution < -0.4 is 15.4 Å². The largest absolute Gasteiger partial charge is 0.491 e. The van der Waals surface area contributed by atoms with Gasteiger partial charge in [-0.25, -0.2) is 19.2 Å². The Hall–Kier alpha value is -2.86. The van der Waals surface area contributed by atoms with Gasteiger partial charge in [0.25, 0.3) is 0 Å². The molecule has 0 bridgehead atoms. The number of fused-ring (bicyclic) bond motifs is 1. The fourth-order valence-corrected chi connectivity index (χ4v) is 3.91. The Morgan fingerprint density at radius 3 is 2.54 bits per heavy atom. The summed E-state index contributed by atoms with van der Waals surface area (Å²) < 4.78 is 66.2. The van der Waals surface area contributed by atoms with Crippen LogP contribution in [-0.4, -0.2) is 34.8 Å². The summed E-state index contributed by atoms with van der Waals surface area (Å²) in [4.78, 5) is 20.0. The van der Waals surface area contributed by atoms with Crippen molar-refractivity contribution in [2.45, 2.75) is 45.5 Å². The Kier molecular flexibility index (Phi) is 8.74. The van der Waals surface area contributed by atoms with E-state index in [2.05, 4.69) is 36.5 Å². The predicted molar refractivity (Wildman–Crippen MR) is 135 cm³/mol. The summed E-state index contributed by atoms with van der Waals surface area (Å²) >= 11 is 9.11. The van der Waals surface area contributed by atoms with Gasteiger partial charge in [0, 0.05) is 17.0 Å². The molecule has 1 atom stereocenters. The van der Waals surface area contributed by atoms with E-state index in [1.807, 2.05) is 0 Å². The Morgan fingerprint density at radius 1 is 1.19 bits per heavy atom. The number of halogens is 6. The number of carbonyl (C=O) groups excluding carboxylic acids is 1. The molecule has 7 nitrogen and oxygen atoms in total. The van der Waals surface area contributed by atoms with Gasteiger partial charge in [0.15, 0.2) is 0 Å². The normalized spacial score (nSPS) is 12.8. The third-order valence-electron chi connectivity index (χ3n) is 4.90. The van der Waals surface area contributed by atoms with Crippen molar-refractivity contribution in [2.24, 2.45) is 0 Å². The number of rotatable bonds is 7. The minimum atomic E-state index is -4.70. The number of benzene rings is 2. The third kappa shape index (κ3) is 7.57. The first-order chi connectivity index (χ1) is 17.2. The summed E-state index contributed by atoms with van der Waals surface area (Å²) in [5.41, 5.74) is -1.32. The molecule has 37 heavy (non-hydrogen) atoms. The number of anilines is 1. The van der Waals surface area contributed by atoms with Gasteiger partial charge in [-0.1, -0.05) is 12.1 Å². The molecule has 0 aliphatic carbocycles. The second kappa shape index (κ2) is 11.3. The SMILES string of the molecule is C[C@@H](Nc1nc(Cl)nc2cc(F)c(Br)cc12)c1cccc(C(F)(F)F)c1OCCNC(=O)OC(C)(C)C. The first-order valence-electron chi connectivity index (χ1n) is 11.0. The lowest BCUT2D eigenvalue weighted by atomic mass is 10.0. The smallest absolute Gasteiger partial charge is 0.419 e. The van der Waals surface area contributed by atoms with Crippen molar-refractivity contribution in [3.8, 4) is 5.75 Å². The maximum Gasteiger partial charge on any atom is 0.419 e. The summed E-state index contributed by atoms with van der Waals surface area (Å²) in [6.45, 7) is 6.34. The first kappa shape index (κ1) is 28.7. The molecule has 3 aromatic rings. The van der Waals surface area contributed by atoms with Crippen molar-refractivity contribution in [3.05, 3.63) is 57.0 Å². The van der Waals surface area contributed by atoms with Gasteiger partial charge < -0.3 is 20.1 Å². The Balaban J connectivity index is 1.88. The zero-order valence-electron chi connectivity index (χ0n) is 20.3. The number of alkyl carbamates (subject to hydrolysis) is 1. The maximum absolute atomic E-state index is 14.0. The van der Waals surface area contributed by atoms with Crippen LogP contribution in [0.25, 0.3) is 10.9 Å². The molecule has 0 aliphatic heterocycles. The zero-order chi connectivity index (χ0) is 27.5. The molecule has 0 saturated heterocycles. The number of aromatic nitrogens is 2. The topological polar surface area (TPSA) is 85.4 Å². The van der Waals surface area contributed by atoms with E-state index in [1.54, 1.807) is 27.7 Å². The number of carbonyl (C=O) groups is 1. The number of ether oxygens (including phenoxy) is 2. The van der Waals surface area contributed by atoms with Crippen molar-refractivity contribution in [2.75, 3.05) is 18.5 Å². The highest BCUT2D eigenvalue weighted by Gasteiger charge is 2.36. The number of amides is 1. The molecule has 200 valence electrons. The van der Waals surface area contributed by atoms with Crippen LogP contribution in [0.4, 0.5) is 28.2 Å². The van der Waals surface area contributed by atoms with E-state index in [9.17, 15) is 22.4 Å². The lowest BCUT2D eigenvalue weighted by Gasteiger charge is -2.23. The average molecular weight is 608 g/mol. The molecule has 2 N–H and O–H groups in total. The Bertz CT molecular complexity index is 1300. The quantitative estimate of drug-likeness (QED) is 0.167. The fourth-order valence-electron chi connectivity index (χ4n) is 3.39. The molecule has 0 aliphatic rings. The van der Waals surface area contributed by atoms with Crippen LogP contribution in [0, 0.1) is 5.82 Å². The molecule has 0 saturated carbocycles. The Labute approximate surface area is 224 Å². The van der Waals surface area contributed by atoms with Crippen LogP contribution in [0.1, 0.15) is 44.9 Å². The van der Waals surface area contributed by atoms with Crippen LogP contribution in [0.2, 0.25) is 5.28 Å². The average Bonchev–Trinajstić information content (AvgIpc) is 2.76. The van der Waals surface area contributed by atoms with Gasteiger partial charge in [-0.3, -0.25) is 0 Å². The molecular formula is C24H24BrClF4N4O3. The van der Waals surface area contributed by atoms with Gasteiger partial charge in [-0.15, -0.1) is 0 Å². The predicted octanol–water partition coefficient (Wildman–Crippen LogP) is 7.28. The summed E-state index contributed by atoms with van der Waals surface area (Å²) in [5, 5.41) is 5.70. The number of hydrogen-bond donors (Lipinski definition) is 2. The van der Waals surface area contributed by atoms with Gasteiger partial charge in [0.2, 0.25) is 5.28 Å². The molecule has 0 fully saturated rings. The number of nitrogens with one attached hydrogen (secondary N) is 2. The van der Waals surface area contributed by atoms with E-state index in [4.69, 9.17) is 21.1 Å². The maximum atomic E-state index is 14.0. The molecule has 3 rings (SSSR count). The van der Waals surface area contributed by atoms with Gasteiger partial charge >= 0.3 is 12.3 Å².